The summed E-state index contributed by atoms with van der Waals surface area (Å²) in [5.74, 6) is 1.83. The Bertz CT molecular complexity index is 834. The predicted octanol–water partition coefficient (Wildman–Crippen LogP) is 2.77. The van der Waals surface area contributed by atoms with Gasteiger partial charge in [0, 0.05) is 44.5 Å². The molecule has 4 rings (SSSR count). The highest BCUT2D eigenvalue weighted by Gasteiger charge is 2.22. The summed E-state index contributed by atoms with van der Waals surface area (Å²) in [5, 5.41) is 9.29. The minimum atomic E-state index is 0.654. The van der Waals surface area contributed by atoms with Crippen LogP contribution in [0.4, 0.5) is 5.82 Å². The van der Waals surface area contributed by atoms with Crippen molar-refractivity contribution in [3.05, 3.63) is 52.7 Å². The zero-order valence-corrected chi connectivity index (χ0v) is 15.2. The van der Waals surface area contributed by atoms with Crippen LogP contribution in [0.5, 0.6) is 5.75 Å². The van der Waals surface area contributed by atoms with Gasteiger partial charge in [-0.25, -0.2) is 4.98 Å². The molecule has 0 spiro atoms. The summed E-state index contributed by atoms with van der Waals surface area (Å²) in [5.41, 5.74) is 4.89. The second-order valence-corrected chi connectivity index (χ2v) is 7.04. The zero-order chi connectivity index (χ0) is 17.9. The number of aromatic nitrogens is 1. The number of hydrogen-bond acceptors (Lipinski definition) is 5. The summed E-state index contributed by atoms with van der Waals surface area (Å²) in [4.78, 5) is 9.09. The molecule has 0 atom stereocenters. The SMILES string of the molecule is COc1cc2c(cc1CN1CCN(c3ncccc3C#N)CC1)CCC2. The second-order valence-electron chi connectivity index (χ2n) is 7.04. The number of ether oxygens (including phenoxy) is 1. The highest BCUT2D eigenvalue weighted by atomic mass is 16.5. The van der Waals surface area contributed by atoms with Crippen molar-refractivity contribution in [3.8, 4) is 11.8 Å². The van der Waals surface area contributed by atoms with Crippen molar-refractivity contribution in [1.82, 2.24) is 9.88 Å². The third-order valence-electron chi connectivity index (χ3n) is 5.47. The van der Waals surface area contributed by atoms with E-state index in [1.807, 2.05) is 12.1 Å². The lowest BCUT2D eigenvalue weighted by molar-refractivity contribution is 0.245. The van der Waals surface area contributed by atoms with Crippen molar-refractivity contribution in [2.45, 2.75) is 25.8 Å². The average molecular weight is 348 g/mol. The van der Waals surface area contributed by atoms with Crippen molar-refractivity contribution in [2.75, 3.05) is 38.2 Å². The topological polar surface area (TPSA) is 52.4 Å². The van der Waals surface area contributed by atoms with E-state index in [4.69, 9.17) is 4.74 Å². The van der Waals surface area contributed by atoms with E-state index in [9.17, 15) is 5.26 Å². The Labute approximate surface area is 154 Å². The highest BCUT2D eigenvalue weighted by Crippen LogP contribution is 2.31. The molecule has 0 unspecified atom stereocenters. The second kappa shape index (κ2) is 7.35. The van der Waals surface area contributed by atoms with Crippen LogP contribution in [0.1, 0.15) is 28.7 Å². The number of methoxy groups -OCH3 is 1. The quantitative estimate of drug-likeness (QED) is 0.850. The first kappa shape index (κ1) is 16.9. The molecule has 5 nitrogen and oxygen atoms in total. The summed E-state index contributed by atoms with van der Waals surface area (Å²) < 4.78 is 5.65. The first-order valence-electron chi connectivity index (χ1n) is 9.29. The van der Waals surface area contributed by atoms with E-state index in [-0.39, 0.29) is 0 Å². The van der Waals surface area contributed by atoms with E-state index in [1.165, 1.54) is 36.0 Å². The Morgan fingerprint density at radius 1 is 1.15 bits per heavy atom. The van der Waals surface area contributed by atoms with Gasteiger partial charge in [0.05, 0.1) is 12.7 Å². The minimum absolute atomic E-state index is 0.654. The van der Waals surface area contributed by atoms with Gasteiger partial charge >= 0.3 is 0 Å². The summed E-state index contributed by atoms with van der Waals surface area (Å²) in [6, 6.07) is 10.5. The van der Waals surface area contributed by atoms with Gasteiger partial charge in [-0.1, -0.05) is 6.07 Å². The van der Waals surface area contributed by atoms with Crippen LogP contribution < -0.4 is 9.64 Å². The van der Waals surface area contributed by atoms with Crippen LogP contribution in [0.25, 0.3) is 0 Å². The maximum atomic E-state index is 9.29. The molecule has 1 saturated heterocycles. The number of fused-ring (bicyclic) bond motifs is 1. The Morgan fingerprint density at radius 2 is 1.92 bits per heavy atom. The normalized spacial score (nSPS) is 17.0. The van der Waals surface area contributed by atoms with Gasteiger partial charge in [-0.3, -0.25) is 4.90 Å². The molecule has 0 bridgehead atoms. The molecule has 1 aromatic heterocycles. The standard InChI is InChI=1S/C21H24N4O/c1-26-20-13-17-5-2-4-16(17)12-19(20)15-24-8-10-25(11-9-24)21-18(14-22)6-3-7-23-21/h3,6-7,12-13H,2,4-5,8-11,15H2,1H3. The lowest BCUT2D eigenvalue weighted by Crippen LogP contribution is -2.46. The summed E-state index contributed by atoms with van der Waals surface area (Å²) in [7, 11) is 1.77. The molecule has 0 radical (unpaired) electrons. The van der Waals surface area contributed by atoms with E-state index in [0.717, 1.165) is 44.3 Å². The van der Waals surface area contributed by atoms with Crippen LogP contribution in [-0.2, 0) is 19.4 Å². The number of pyridine rings is 1. The number of rotatable bonds is 4. The fraction of sp³-hybridized carbons (Fsp3) is 0.429. The third kappa shape index (κ3) is 3.25. The Balaban J connectivity index is 1.44. The molecule has 0 N–H and O–H groups in total. The highest BCUT2D eigenvalue weighted by molar-refractivity contribution is 5.53. The van der Waals surface area contributed by atoms with Gasteiger partial charge in [0.15, 0.2) is 0 Å². The van der Waals surface area contributed by atoms with E-state index in [0.29, 0.717) is 5.56 Å². The van der Waals surface area contributed by atoms with Crippen LogP contribution in [0.2, 0.25) is 0 Å². The van der Waals surface area contributed by atoms with Crippen LogP contribution in [0.3, 0.4) is 0 Å². The number of piperazine rings is 1. The molecule has 0 saturated carbocycles. The van der Waals surface area contributed by atoms with Crippen LogP contribution in [-0.4, -0.2) is 43.2 Å². The molecule has 1 aromatic carbocycles. The smallest absolute Gasteiger partial charge is 0.146 e. The number of anilines is 1. The number of hydrogen-bond donors (Lipinski definition) is 0. The fourth-order valence-corrected chi connectivity index (χ4v) is 4.06. The number of nitrogens with zero attached hydrogens (tertiary/aromatic N) is 4. The molecule has 1 aliphatic carbocycles. The van der Waals surface area contributed by atoms with Gasteiger partial charge in [-0.05, 0) is 48.6 Å². The average Bonchev–Trinajstić information content (AvgIpc) is 3.15. The lowest BCUT2D eigenvalue weighted by atomic mass is 10.0. The molecule has 1 aliphatic heterocycles. The summed E-state index contributed by atoms with van der Waals surface area (Å²) >= 11 is 0. The van der Waals surface area contributed by atoms with Gasteiger partial charge in [-0.2, -0.15) is 5.26 Å². The Morgan fingerprint density at radius 3 is 2.65 bits per heavy atom. The monoisotopic (exact) mass is 348 g/mol. The molecule has 134 valence electrons. The van der Waals surface area contributed by atoms with Gasteiger partial charge < -0.3 is 9.64 Å². The first-order chi connectivity index (χ1) is 12.8. The van der Waals surface area contributed by atoms with E-state index in [1.54, 1.807) is 13.3 Å². The van der Waals surface area contributed by atoms with Gasteiger partial charge in [-0.15, -0.1) is 0 Å². The predicted molar refractivity (Wildman–Crippen MR) is 101 cm³/mol. The first-order valence-corrected chi connectivity index (χ1v) is 9.29. The molecule has 2 heterocycles. The zero-order valence-electron chi connectivity index (χ0n) is 15.2. The molecule has 26 heavy (non-hydrogen) atoms. The maximum absolute atomic E-state index is 9.29. The summed E-state index contributed by atoms with van der Waals surface area (Å²) in [6.07, 6.45) is 5.39. The number of aryl methyl sites for hydroxylation is 2. The van der Waals surface area contributed by atoms with Crippen LogP contribution in [0.15, 0.2) is 30.5 Å². The Kier molecular flexibility index (Phi) is 4.77. The van der Waals surface area contributed by atoms with Crippen LogP contribution in [0, 0.1) is 11.3 Å². The van der Waals surface area contributed by atoms with Crippen molar-refractivity contribution in [1.29, 1.82) is 5.26 Å². The minimum Gasteiger partial charge on any atom is -0.496 e. The maximum Gasteiger partial charge on any atom is 0.146 e. The summed E-state index contributed by atoms with van der Waals surface area (Å²) in [6.45, 7) is 4.61. The molecular formula is C21H24N4O. The van der Waals surface area contributed by atoms with E-state index >= 15 is 0 Å². The number of benzene rings is 1. The van der Waals surface area contributed by atoms with E-state index < -0.39 is 0 Å². The van der Waals surface area contributed by atoms with E-state index in [2.05, 4.69) is 33.0 Å². The largest absolute Gasteiger partial charge is 0.496 e. The van der Waals surface area contributed by atoms with Crippen molar-refractivity contribution in [2.24, 2.45) is 0 Å². The molecule has 1 fully saturated rings. The van der Waals surface area contributed by atoms with Crippen LogP contribution >= 0.6 is 0 Å². The van der Waals surface area contributed by atoms with Gasteiger partial charge in [0.2, 0.25) is 0 Å². The molecule has 2 aliphatic rings. The van der Waals surface area contributed by atoms with Crippen molar-refractivity contribution < 1.29 is 4.74 Å². The van der Waals surface area contributed by atoms with Gasteiger partial charge in [0.1, 0.15) is 17.6 Å². The van der Waals surface area contributed by atoms with Crippen molar-refractivity contribution >= 4 is 5.82 Å². The number of nitriles is 1. The fourth-order valence-electron chi connectivity index (χ4n) is 4.06. The lowest BCUT2D eigenvalue weighted by Gasteiger charge is -2.36. The molecular weight excluding hydrogens is 324 g/mol. The van der Waals surface area contributed by atoms with Crippen molar-refractivity contribution in [3.63, 3.8) is 0 Å². The molecule has 5 heteroatoms. The Hall–Kier alpha value is -2.58. The van der Waals surface area contributed by atoms with Gasteiger partial charge in [0.25, 0.3) is 0 Å². The molecule has 2 aromatic rings. The third-order valence-corrected chi connectivity index (χ3v) is 5.47. The molecule has 0 amide bonds.